The topological polar surface area (TPSA) is 110 Å². The van der Waals surface area contributed by atoms with Gasteiger partial charge < -0.3 is 29.6 Å². The van der Waals surface area contributed by atoms with Crippen LogP contribution in [0.3, 0.4) is 0 Å². The quantitative estimate of drug-likeness (QED) is 0.576. The van der Waals surface area contributed by atoms with Gasteiger partial charge in [-0.15, -0.1) is 0 Å². The van der Waals surface area contributed by atoms with Crippen LogP contribution in [0.25, 0.3) is 5.69 Å². The van der Waals surface area contributed by atoms with Crippen LogP contribution in [0.4, 0.5) is 10.1 Å². The van der Waals surface area contributed by atoms with Crippen LogP contribution >= 0.6 is 0 Å². The van der Waals surface area contributed by atoms with E-state index in [1.807, 2.05) is 0 Å². The van der Waals surface area contributed by atoms with E-state index in [9.17, 15) is 24.2 Å². The van der Waals surface area contributed by atoms with Crippen LogP contribution in [0.15, 0.2) is 42.6 Å². The molecule has 2 heterocycles. The molecule has 1 atom stereocenters. The van der Waals surface area contributed by atoms with Gasteiger partial charge in [-0.25, -0.2) is 9.18 Å². The Morgan fingerprint density at radius 3 is 2.45 bits per heavy atom. The molecule has 1 aromatic heterocycles. The number of amides is 1. The Balaban J connectivity index is 1.99. The Bertz CT molecular complexity index is 1180. The van der Waals surface area contributed by atoms with E-state index in [4.69, 9.17) is 9.47 Å². The number of aromatic hydroxyl groups is 1. The zero-order chi connectivity index (χ0) is 22.3. The molecule has 1 aliphatic rings. The monoisotopic (exact) mass is 426 g/mol. The lowest BCUT2D eigenvalue weighted by Crippen LogP contribution is -2.25. The summed E-state index contributed by atoms with van der Waals surface area (Å²) in [7, 11) is 2.77. The number of hydrogen-bond donors (Lipinski definition) is 3. The van der Waals surface area contributed by atoms with Crippen LogP contribution in [0.1, 0.15) is 34.0 Å². The first-order valence-electron chi connectivity index (χ1n) is 9.33. The summed E-state index contributed by atoms with van der Waals surface area (Å²) in [6, 6.07) is 8.84. The second-order valence-electron chi connectivity index (χ2n) is 7.04. The highest BCUT2D eigenvalue weighted by atomic mass is 19.1. The molecule has 0 fully saturated rings. The van der Waals surface area contributed by atoms with Crippen LogP contribution in [-0.2, 0) is 4.79 Å². The summed E-state index contributed by atoms with van der Waals surface area (Å²) >= 11 is 0. The molecule has 0 bridgehead atoms. The minimum Gasteiger partial charge on any atom is -0.502 e. The maximum Gasteiger partial charge on any atom is 0.339 e. The van der Waals surface area contributed by atoms with Crippen molar-refractivity contribution in [1.29, 1.82) is 0 Å². The van der Waals surface area contributed by atoms with Gasteiger partial charge in [-0.2, -0.15) is 0 Å². The fourth-order valence-corrected chi connectivity index (χ4v) is 3.86. The van der Waals surface area contributed by atoms with Crippen molar-refractivity contribution in [3.63, 3.8) is 0 Å². The van der Waals surface area contributed by atoms with Crippen molar-refractivity contribution < 1.29 is 33.7 Å². The minimum atomic E-state index is -1.23. The smallest absolute Gasteiger partial charge is 0.339 e. The Hall–Kier alpha value is -4.01. The molecule has 1 aliphatic heterocycles. The van der Waals surface area contributed by atoms with Crippen molar-refractivity contribution in [2.24, 2.45) is 0 Å². The third-order valence-corrected chi connectivity index (χ3v) is 5.25. The number of ether oxygens (including phenoxy) is 2. The van der Waals surface area contributed by atoms with Gasteiger partial charge >= 0.3 is 5.97 Å². The molecule has 0 saturated carbocycles. The molecule has 2 aromatic carbocycles. The van der Waals surface area contributed by atoms with Crippen molar-refractivity contribution in [2.75, 3.05) is 19.5 Å². The van der Waals surface area contributed by atoms with E-state index in [1.165, 1.54) is 38.6 Å². The summed E-state index contributed by atoms with van der Waals surface area (Å²) in [6.07, 6.45) is 1.36. The van der Waals surface area contributed by atoms with Gasteiger partial charge in [-0.05, 0) is 35.9 Å². The maximum absolute atomic E-state index is 13.9. The molecule has 160 valence electrons. The average Bonchev–Trinajstić information content (AvgIpc) is 3.13. The summed E-state index contributed by atoms with van der Waals surface area (Å²) < 4.78 is 25.9. The second kappa shape index (κ2) is 7.67. The number of halogens is 1. The maximum atomic E-state index is 13.9. The SMILES string of the molecule is COc1cc([C@H]2CC(=O)Nc3c(C(=O)O)cn(-c4cccc(F)c4)c32)cc(OC)c1O. The predicted octanol–water partition coefficient (Wildman–Crippen LogP) is 3.51. The van der Waals surface area contributed by atoms with Gasteiger partial charge in [0.05, 0.1) is 25.6 Å². The summed E-state index contributed by atoms with van der Waals surface area (Å²) in [5, 5.41) is 22.6. The molecule has 0 unspecified atom stereocenters. The number of carbonyl (C=O) groups excluding carboxylic acids is 1. The van der Waals surface area contributed by atoms with Gasteiger partial charge in [-0.3, -0.25) is 4.79 Å². The van der Waals surface area contributed by atoms with E-state index >= 15 is 0 Å². The highest BCUT2D eigenvalue weighted by Crippen LogP contribution is 2.46. The van der Waals surface area contributed by atoms with Crippen LogP contribution < -0.4 is 14.8 Å². The van der Waals surface area contributed by atoms with Crippen molar-refractivity contribution >= 4 is 17.6 Å². The van der Waals surface area contributed by atoms with E-state index in [2.05, 4.69) is 5.32 Å². The number of anilines is 1. The number of phenols is 1. The number of methoxy groups -OCH3 is 2. The number of phenolic OH excluding ortho intramolecular Hbond substituents is 1. The predicted molar refractivity (Wildman–Crippen MR) is 109 cm³/mol. The van der Waals surface area contributed by atoms with Crippen molar-refractivity contribution in [2.45, 2.75) is 12.3 Å². The lowest BCUT2D eigenvalue weighted by molar-refractivity contribution is -0.116. The van der Waals surface area contributed by atoms with E-state index in [0.29, 0.717) is 16.9 Å². The summed E-state index contributed by atoms with van der Waals surface area (Å²) in [6.45, 7) is 0. The van der Waals surface area contributed by atoms with Gasteiger partial charge in [0, 0.05) is 24.2 Å². The highest BCUT2D eigenvalue weighted by Gasteiger charge is 2.35. The molecular formula is C22H19FN2O6. The Labute approximate surface area is 176 Å². The summed E-state index contributed by atoms with van der Waals surface area (Å²) in [5.74, 6) is -2.60. The van der Waals surface area contributed by atoms with Crippen molar-refractivity contribution in [3.05, 3.63) is 65.2 Å². The fraction of sp³-hybridized carbons (Fsp3) is 0.182. The molecule has 8 nitrogen and oxygen atoms in total. The number of benzene rings is 2. The number of nitrogens with one attached hydrogen (secondary N) is 1. The number of nitrogens with zero attached hydrogens (tertiary/aromatic N) is 1. The van der Waals surface area contributed by atoms with E-state index in [1.54, 1.807) is 22.8 Å². The number of carbonyl (C=O) groups is 2. The molecule has 0 aliphatic carbocycles. The van der Waals surface area contributed by atoms with E-state index in [0.717, 1.165) is 0 Å². The van der Waals surface area contributed by atoms with Crippen molar-refractivity contribution in [3.8, 4) is 22.9 Å². The number of hydrogen-bond acceptors (Lipinski definition) is 5. The number of rotatable bonds is 5. The normalized spacial score (nSPS) is 15.2. The lowest BCUT2D eigenvalue weighted by atomic mass is 9.87. The Morgan fingerprint density at radius 2 is 1.87 bits per heavy atom. The largest absolute Gasteiger partial charge is 0.502 e. The molecule has 3 aromatic rings. The van der Waals surface area contributed by atoms with Gasteiger partial charge in [0.25, 0.3) is 0 Å². The van der Waals surface area contributed by atoms with Crippen LogP contribution in [0.5, 0.6) is 17.2 Å². The van der Waals surface area contributed by atoms with Gasteiger partial charge in [0.15, 0.2) is 11.5 Å². The molecular weight excluding hydrogens is 407 g/mol. The molecule has 3 N–H and O–H groups in total. The van der Waals surface area contributed by atoms with Crippen LogP contribution in [0, 0.1) is 5.82 Å². The molecule has 9 heteroatoms. The zero-order valence-corrected chi connectivity index (χ0v) is 16.7. The van der Waals surface area contributed by atoms with Crippen LogP contribution in [0.2, 0.25) is 0 Å². The fourth-order valence-electron chi connectivity index (χ4n) is 3.86. The molecule has 0 saturated heterocycles. The third kappa shape index (κ3) is 3.43. The van der Waals surface area contributed by atoms with Gasteiger partial charge in [0.1, 0.15) is 11.4 Å². The average molecular weight is 426 g/mol. The van der Waals surface area contributed by atoms with E-state index < -0.39 is 17.7 Å². The lowest BCUT2D eigenvalue weighted by Gasteiger charge is -2.27. The number of aromatic carboxylic acids is 1. The number of fused-ring (bicyclic) bond motifs is 1. The minimum absolute atomic E-state index is 0.00245. The third-order valence-electron chi connectivity index (χ3n) is 5.25. The van der Waals surface area contributed by atoms with Crippen LogP contribution in [-0.4, -0.2) is 40.9 Å². The standard InChI is InChI=1S/C22H19FN2O6/c1-30-16-6-11(7-17(31-2)21(16)27)14-9-18(26)24-19-15(22(28)29)10-25(20(14)19)13-5-3-4-12(23)8-13/h3-8,10,14,27H,9H2,1-2H3,(H,24,26)(H,28,29)/t14-/m1/s1. The van der Waals surface area contributed by atoms with Crippen molar-refractivity contribution in [1.82, 2.24) is 4.57 Å². The number of carboxylic acids is 1. The van der Waals surface area contributed by atoms with Gasteiger partial charge in [-0.1, -0.05) is 6.07 Å². The molecule has 1 amide bonds. The Morgan fingerprint density at radius 1 is 1.19 bits per heavy atom. The summed E-state index contributed by atoms with van der Waals surface area (Å²) in [5.41, 5.74) is 1.47. The molecule has 31 heavy (non-hydrogen) atoms. The molecule has 0 spiro atoms. The van der Waals surface area contributed by atoms with E-state index in [-0.39, 0.29) is 40.8 Å². The molecule has 0 radical (unpaired) electrons. The van der Waals surface area contributed by atoms with Gasteiger partial charge in [0.2, 0.25) is 11.7 Å². The first-order valence-corrected chi connectivity index (χ1v) is 9.33. The Kier molecular flexibility index (Phi) is 5.02. The first-order chi connectivity index (χ1) is 14.8. The summed E-state index contributed by atoms with van der Waals surface area (Å²) in [4.78, 5) is 24.3. The highest BCUT2D eigenvalue weighted by molar-refractivity contribution is 6.04. The number of carboxylic acid groups (broad SMARTS) is 1. The zero-order valence-electron chi connectivity index (χ0n) is 16.7. The second-order valence-corrected chi connectivity index (χ2v) is 7.04. The number of aromatic nitrogens is 1. The molecule has 4 rings (SSSR count). The first kappa shape index (κ1) is 20.3.